The molecule has 0 bridgehead atoms. The number of ether oxygens (including phenoxy) is 2. The van der Waals surface area contributed by atoms with Crippen LogP contribution in [0.4, 0.5) is 4.39 Å². The molecule has 7 nitrogen and oxygen atoms in total. The second-order valence-corrected chi connectivity index (χ2v) is 10.9. The summed E-state index contributed by atoms with van der Waals surface area (Å²) in [5.41, 5.74) is 2.77. The average molecular weight is 540 g/mol. The molecule has 2 atom stereocenters. The average Bonchev–Trinajstić information content (AvgIpc) is 2.93. The predicted octanol–water partition coefficient (Wildman–Crippen LogP) is 4.29. The maximum atomic E-state index is 14.3. The third-order valence-electron chi connectivity index (χ3n) is 7.63. The Morgan fingerprint density at radius 3 is 2.49 bits per heavy atom. The van der Waals surface area contributed by atoms with E-state index in [1.807, 2.05) is 54.8 Å². The molecular formula is C31H42FN3O4. The van der Waals surface area contributed by atoms with Gasteiger partial charge in [-0.3, -0.25) is 14.5 Å². The third-order valence-corrected chi connectivity index (χ3v) is 7.63. The van der Waals surface area contributed by atoms with E-state index in [1.165, 1.54) is 12.1 Å². The normalized spacial score (nSPS) is 18.7. The van der Waals surface area contributed by atoms with Crippen LogP contribution >= 0.6 is 0 Å². The molecule has 4 rings (SSSR count). The summed E-state index contributed by atoms with van der Waals surface area (Å²) in [6.07, 6.45) is 1.10. The SMILES string of the molecule is CCC(Oc1ccc2c(c1)C(c1cccc(F)c1)N(C(=O)CC(C)C)CC2)C(=O)N1CCN(CCOC)CC1. The summed E-state index contributed by atoms with van der Waals surface area (Å²) in [7, 11) is 1.70. The Kier molecular flexibility index (Phi) is 9.97. The molecule has 0 aromatic heterocycles. The van der Waals surface area contributed by atoms with Crippen molar-refractivity contribution in [2.75, 3.05) is 53.0 Å². The molecular weight excluding hydrogens is 497 g/mol. The number of carbonyl (C=O) groups excluding carboxylic acids is 2. The Balaban J connectivity index is 1.55. The molecule has 2 aliphatic rings. The van der Waals surface area contributed by atoms with Crippen molar-refractivity contribution in [3.8, 4) is 5.75 Å². The molecule has 2 unspecified atom stereocenters. The van der Waals surface area contributed by atoms with Gasteiger partial charge >= 0.3 is 0 Å². The van der Waals surface area contributed by atoms with Gasteiger partial charge in [-0.2, -0.15) is 0 Å². The fourth-order valence-corrected chi connectivity index (χ4v) is 5.53. The Bertz CT molecular complexity index is 1130. The second kappa shape index (κ2) is 13.4. The molecule has 0 radical (unpaired) electrons. The van der Waals surface area contributed by atoms with Crippen LogP contribution in [0.5, 0.6) is 5.75 Å². The summed E-state index contributed by atoms with van der Waals surface area (Å²) in [5.74, 6) is 0.536. The number of piperazine rings is 1. The molecule has 2 aliphatic heterocycles. The Labute approximate surface area is 231 Å². The number of halogens is 1. The molecule has 0 saturated carbocycles. The van der Waals surface area contributed by atoms with E-state index in [2.05, 4.69) is 4.90 Å². The van der Waals surface area contributed by atoms with E-state index >= 15 is 0 Å². The summed E-state index contributed by atoms with van der Waals surface area (Å²) < 4.78 is 25.8. The van der Waals surface area contributed by atoms with E-state index in [9.17, 15) is 14.0 Å². The smallest absolute Gasteiger partial charge is 0.263 e. The van der Waals surface area contributed by atoms with Crippen molar-refractivity contribution in [2.24, 2.45) is 5.92 Å². The minimum Gasteiger partial charge on any atom is -0.481 e. The highest BCUT2D eigenvalue weighted by Crippen LogP contribution is 2.38. The van der Waals surface area contributed by atoms with E-state index in [4.69, 9.17) is 9.47 Å². The second-order valence-electron chi connectivity index (χ2n) is 10.9. The maximum Gasteiger partial charge on any atom is 0.263 e. The number of carbonyl (C=O) groups is 2. The van der Waals surface area contributed by atoms with Crippen molar-refractivity contribution >= 4 is 11.8 Å². The Morgan fingerprint density at radius 2 is 1.82 bits per heavy atom. The molecule has 0 aliphatic carbocycles. The largest absolute Gasteiger partial charge is 0.481 e. The lowest BCUT2D eigenvalue weighted by atomic mass is 9.87. The minimum absolute atomic E-state index is 0.00275. The lowest BCUT2D eigenvalue weighted by Gasteiger charge is -2.38. The van der Waals surface area contributed by atoms with Gasteiger partial charge in [-0.05, 0) is 59.7 Å². The number of hydrogen-bond acceptors (Lipinski definition) is 5. The highest BCUT2D eigenvalue weighted by Gasteiger charge is 2.33. The van der Waals surface area contributed by atoms with Gasteiger partial charge in [0.1, 0.15) is 11.6 Å². The zero-order valence-corrected chi connectivity index (χ0v) is 23.7. The number of hydrogen-bond donors (Lipinski definition) is 0. The number of methoxy groups -OCH3 is 1. The first kappa shape index (κ1) is 29.0. The van der Waals surface area contributed by atoms with Crippen molar-refractivity contribution < 1.29 is 23.5 Å². The van der Waals surface area contributed by atoms with Crippen LogP contribution in [0, 0.1) is 11.7 Å². The molecule has 2 aromatic carbocycles. The zero-order valence-electron chi connectivity index (χ0n) is 23.7. The topological polar surface area (TPSA) is 62.3 Å². The van der Waals surface area contributed by atoms with E-state index in [-0.39, 0.29) is 23.5 Å². The summed E-state index contributed by atoms with van der Waals surface area (Å²) in [4.78, 5) is 32.7. The first-order valence-electron chi connectivity index (χ1n) is 14.1. The van der Waals surface area contributed by atoms with Gasteiger partial charge in [0, 0.05) is 52.8 Å². The molecule has 1 saturated heterocycles. The van der Waals surface area contributed by atoms with Crippen LogP contribution in [0.15, 0.2) is 42.5 Å². The van der Waals surface area contributed by atoms with Crippen molar-refractivity contribution in [3.63, 3.8) is 0 Å². The van der Waals surface area contributed by atoms with Crippen molar-refractivity contribution in [2.45, 2.75) is 52.2 Å². The highest BCUT2D eigenvalue weighted by molar-refractivity contribution is 5.81. The van der Waals surface area contributed by atoms with Crippen LogP contribution in [0.3, 0.4) is 0 Å². The van der Waals surface area contributed by atoms with E-state index < -0.39 is 12.1 Å². The quantitative estimate of drug-likeness (QED) is 0.451. The van der Waals surface area contributed by atoms with Crippen molar-refractivity contribution in [1.29, 1.82) is 0 Å². The third kappa shape index (κ3) is 7.17. The Hall–Kier alpha value is -2.97. The van der Waals surface area contributed by atoms with Crippen LogP contribution in [-0.2, 0) is 20.7 Å². The lowest BCUT2D eigenvalue weighted by Crippen LogP contribution is -2.52. The van der Waals surface area contributed by atoms with Gasteiger partial charge in [-0.25, -0.2) is 4.39 Å². The summed E-state index contributed by atoms with van der Waals surface area (Å²) >= 11 is 0. The molecule has 0 N–H and O–H groups in total. The number of benzene rings is 2. The molecule has 212 valence electrons. The molecule has 2 aromatic rings. The monoisotopic (exact) mass is 539 g/mol. The van der Waals surface area contributed by atoms with Crippen molar-refractivity contribution in [3.05, 3.63) is 65.0 Å². The highest BCUT2D eigenvalue weighted by atomic mass is 19.1. The fraction of sp³-hybridized carbons (Fsp3) is 0.548. The fourth-order valence-electron chi connectivity index (χ4n) is 5.53. The maximum absolute atomic E-state index is 14.3. The first-order chi connectivity index (χ1) is 18.8. The number of rotatable bonds is 10. The molecule has 39 heavy (non-hydrogen) atoms. The lowest BCUT2D eigenvalue weighted by molar-refractivity contribution is -0.140. The summed E-state index contributed by atoms with van der Waals surface area (Å²) in [6, 6.07) is 11.9. The first-order valence-corrected chi connectivity index (χ1v) is 14.1. The van der Waals surface area contributed by atoms with Gasteiger partial charge < -0.3 is 19.3 Å². The van der Waals surface area contributed by atoms with Crippen LogP contribution < -0.4 is 4.74 Å². The molecule has 2 amide bonds. The molecule has 2 heterocycles. The molecule has 8 heteroatoms. The number of amides is 2. The van der Waals surface area contributed by atoms with Gasteiger partial charge in [-0.1, -0.05) is 39.0 Å². The van der Waals surface area contributed by atoms with Crippen LogP contribution in [-0.4, -0.2) is 85.6 Å². The number of nitrogens with zero attached hydrogens (tertiary/aromatic N) is 3. The Morgan fingerprint density at radius 1 is 1.05 bits per heavy atom. The van der Waals surface area contributed by atoms with Gasteiger partial charge in [0.2, 0.25) is 5.91 Å². The van der Waals surface area contributed by atoms with Gasteiger partial charge in [0.25, 0.3) is 5.91 Å². The van der Waals surface area contributed by atoms with Crippen molar-refractivity contribution in [1.82, 2.24) is 14.7 Å². The van der Waals surface area contributed by atoms with Gasteiger partial charge in [0.15, 0.2) is 6.10 Å². The van der Waals surface area contributed by atoms with Crippen LogP contribution in [0.1, 0.15) is 56.3 Å². The van der Waals surface area contributed by atoms with Gasteiger partial charge in [-0.15, -0.1) is 0 Å². The summed E-state index contributed by atoms with van der Waals surface area (Å²) in [6.45, 7) is 11.1. The number of fused-ring (bicyclic) bond motifs is 1. The molecule has 1 fully saturated rings. The van der Waals surface area contributed by atoms with E-state index in [1.54, 1.807) is 13.2 Å². The van der Waals surface area contributed by atoms with Crippen LogP contribution in [0.25, 0.3) is 0 Å². The van der Waals surface area contributed by atoms with E-state index in [0.717, 1.165) is 42.7 Å². The van der Waals surface area contributed by atoms with E-state index in [0.29, 0.717) is 44.8 Å². The molecule has 0 spiro atoms. The van der Waals surface area contributed by atoms with Crippen LogP contribution in [0.2, 0.25) is 0 Å². The summed E-state index contributed by atoms with van der Waals surface area (Å²) in [5, 5.41) is 0. The minimum atomic E-state index is -0.594. The standard InChI is InChI=1S/C31H42FN3O4/c1-5-28(31(37)34-15-13-33(14-16-34)17-18-38-4)39-26-10-9-23-11-12-35(29(36)19-22(2)3)30(27(23)21-26)24-7-6-8-25(32)20-24/h6-10,20-22,28,30H,5,11-19H2,1-4H3. The predicted molar refractivity (Wildman–Crippen MR) is 149 cm³/mol. The zero-order chi connectivity index (χ0) is 27.9. The van der Waals surface area contributed by atoms with Gasteiger partial charge in [0.05, 0.1) is 12.6 Å².